The van der Waals surface area contributed by atoms with Crippen LogP contribution in [0.4, 0.5) is 0 Å². The fourth-order valence-electron chi connectivity index (χ4n) is 5.31. The van der Waals surface area contributed by atoms with Crippen LogP contribution in [0.3, 0.4) is 0 Å². The van der Waals surface area contributed by atoms with Crippen LogP contribution in [0.2, 0.25) is 0 Å². The van der Waals surface area contributed by atoms with Gasteiger partial charge < -0.3 is 18.9 Å². The molecule has 2 atom stereocenters. The summed E-state index contributed by atoms with van der Waals surface area (Å²) in [6, 6.07) is 0. The largest absolute Gasteiger partial charge is 0.472 e. The number of likely N-dealkylation sites (N-methyl/N-ethyl adjacent to an activating group) is 1. The molecule has 308 valence electrons. The third-order valence-electron chi connectivity index (χ3n) is 8.63. The monoisotopic (exact) mass is 769 g/mol. The Morgan fingerprint density at radius 1 is 0.585 bits per heavy atom. The Balaban J connectivity index is 4.52. The maximum atomic E-state index is 12.6. The number of quaternary nitrogens is 1. The van der Waals surface area contributed by atoms with E-state index in [2.05, 4.69) is 50.3 Å². The van der Waals surface area contributed by atoms with Gasteiger partial charge in [0.15, 0.2) is 6.10 Å². The molecule has 0 aliphatic carbocycles. The molecule has 0 radical (unpaired) electrons. The molecule has 0 heterocycles. The van der Waals surface area contributed by atoms with E-state index in [1.54, 1.807) is 0 Å². The van der Waals surface area contributed by atoms with Gasteiger partial charge in [0.2, 0.25) is 0 Å². The molecule has 0 amide bonds. The first kappa shape index (κ1) is 51.0. The number of allylic oxidation sites excluding steroid dienone is 8. The zero-order valence-corrected chi connectivity index (χ0v) is 35.4. The third kappa shape index (κ3) is 39.5. The van der Waals surface area contributed by atoms with Crippen LogP contribution in [0.15, 0.2) is 48.6 Å². The van der Waals surface area contributed by atoms with Crippen molar-refractivity contribution in [1.82, 2.24) is 0 Å². The Morgan fingerprint density at radius 2 is 1.06 bits per heavy atom. The number of hydrogen-bond donors (Lipinski definition) is 1. The number of esters is 2. The Hall–Kier alpha value is -2.03. The lowest BCUT2D eigenvalue weighted by Gasteiger charge is -2.24. The van der Waals surface area contributed by atoms with Crippen molar-refractivity contribution in [3.63, 3.8) is 0 Å². The molecular formula is C43H79NO8P+. The molecule has 2 unspecified atom stereocenters. The van der Waals surface area contributed by atoms with E-state index in [1.165, 1.54) is 89.9 Å². The molecule has 1 N–H and O–H groups in total. The number of nitrogens with zero attached hydrogens (tertiary/aromatic N) is 1. The van der Waals surface area contributed by atoms with E-state index in [0.717, 1.165) is 38.5 Å². The molecule has 0 aromatic carbocycles. The van der Waals surface area contributed by atoms with Crippen LogP contribution in [0.5, 0.6) is 0 Å². The molecule has 10 heteroatoms. The van der Waals surface area contributed by atoms with Gasteiger partial charge in [-0.3, -0.25) is 18.6 Å². The van der Waals surface area contributed by atoms with Crippen molar-refractivity contribution in [2.45, 2.75) is 168 Å². The van der Waals surface area contributed by atoms with Crippen LogP contribution < -0.4 is 0 Å². The molecule has 0 saturated heterocycles. The van der Waals surface area contributed by atoms with Crippen LogP contribution in [-0.4, -0.2) is 74.9 Å². The van der Waals surface area contributed by atoms with E-state index >= 15 is 0 Å². The summed E-state index contributed by atoms with van der Waals surface area (Å²) in [4.78, 5) is 35.2. The second kappa shape index (κ2) is 35.7. The first-order valence-electron chi connectivity index (χ1n) is 20.9. The number of phosphoric acid groups is 1. The molecule has 0 aromatic heterocycles. The van der Waals surface area contributed by atoms with E-state index in [4.69, 9.17) is 18.5 Å². The fourth-order valence-corrected chi connectivity index (χ4v) is 6.05. The summed E-state index contributed by atoms with van der Waals surface area (Å²) in [7, 11) is 1.43. The molecule has 9 nitrogen and oxygen atoms in total. The summed E-state index contributed by atoms with van der Waals surface area (Å²) in [5, 5.41) is 0. The lowest BCUT2D eigenvalue weighted by molar-refractivity contribution is -0.870. The SMILES string of the molecule is CCCCCC/C=C\C/C=C\C/C=C\C/C=C\CCC(=O)OC(COC(=O)CCCCCCCCCCCCCC)COP(=O)(O)OCC[N+](C)(C)C. The summed E-state index contributed by atoms with van der Waals surface area (Å²) in [5.74, 6) is -0.893. The quantitative estimate of drug-likeness (QED) is 0.0219. The number of phosphoric ester groups is 1. The molecule has 0 spiro atoms. The highest BCUT2D eigenvalue weighted by atomic mass is 31.2. The van der Waals surface area contributed by atoms with E-state index in [0.29, 0.717) is 17.4 Å². The minimum Gasteiger partial charge on any atom is -0.462 e. The normalized spacial score (nSPS) is 14.2. The van der Waals surface area contributed by atoms with Gasteiger partial charge >= 0.3 is 19.8 Å². The van der Waals surface area contributed by atoms with Crippen molar-refractivity contribution in [2.24, 2.45) is 0 Å². The van der Waals surface area contributed by atoms with Gasteiger partial charge in [0.25, 0.3) is 0 Å². The number of rotatable bonds is 37. The number of carbonyl (C=O) groups excluding carboxylic acids is 2. The zero-order chi connectivity index (χ0) is 39.3. The lowest BCUT2D eigenvalue weighted by Crippen LogP contribution is -2.37. The van der Waals surface area contributed by atoms with Crippen molar-refractivity contribution >= 4 is 19.8 Å². The van der Waals surface area contributed by atoms with Crippen LogP contribution in [0.25, 0.3) is 0 Å². The zero-order valence-electron chi connectivity index (χ0n) is 34.5. The van der Waals surface area contributed by atoms with Crippen LogP contribution in [-0.2, 0) is 32.7 Å². The van der Waals surface area contributed by atoms with Crippen molar-refractivity contribution in [3.05, 3.63) is 48.6 Å². The number of ether oxygens (including phenoxy) is 2. The molecule has 0 fully saturated rings. The lowest BCUT2D eigenvalue weighted by atomic mass is 10.0. The molecule has 53 heavy (non-hydrogen) atoms. The van der Waals surface area contributed by atoms with E-state index < -0.39 is 26.5 Å². The Labute approximate surface area is 324 Å². The minimum atomic E-state index is -4.39. The third-order valence-corrected chi connectivity index (χ3v) is 9.61. The summed E-state index contributed by atoms with van der Waals surface area (Å²) in [6.07, 6.45) is 40.3. The van der Waals surface area contributed by atoms with E-state index in [-0.39, 0.29) is 32.0 Å². The first-order chi connectivity index (χ1) is 25.5. The number of carbonyl (C=O) groups is 2. The van der Waals surface area contributed by atoms with Crippen molar-refractivity contribution in [2.75, 3.05) is 47.5 Å². The van der Waals surface area contributed by atoms with Gasteiger partial charge in [-0.05, 0) is 44.9 Å². The second-order valence-electron chi connectivity index (χ2n) is 15.0. The fraction of sp³-hybridized carbons (Fsp3) is 0.767. The summed E-state index contributed by atoms with van der Waals surface area (Å²) in [6.45, 7) is 4.30. The summed E-state index contributed by atoms with van der Waals surface area (Å²) in [5.41, 5.74) is 0. The van der Waals surface area contributed by atoms with Gasteiger partial charge in [-0.25, -0.2) is 4.57 Å². The number of hydrogen-bond acceptors (Lipinski definition) is 7. The van der Waals surface area contributed by atoms with Gasteiger partial charge in [0, 0.05) is 12.8 Å². The molecule has 0 aromatic rings. The highest BCUT2D eigenvalue weighted by Crippen LogP contribution is 2.43. The first-order valence-corrected chi connectivity index (χ1v) is 22.4. The molecule has 0 aliphatic heterocycles. The summed E-state index contributed by atoms with van der Waals surface area (Å²) >= 11 is 0. The molecule has 0 bridgehead atoms. The average molecular weight is 769 g/mol. The maximum absolute atomic E-state index is 12.6. The Morgan fingerprint density at radius 3 is 1.58 bits per heavy atom. The van der Waals surface area contributed by atoms with E-state index in [9.17, 15) is 19.0 Å². The van der Waals surface area contributed by atoms with E-state index in [1.807, 2.05) is 33.3 Å². The molecule has 0 rings (SSSR count). The highest BCUT2D eigenvalue weighted by Gasteiger charge is 2.27. The van der Waals surface area contributed by atoms with Crippen LogP contribution >= 0.6 is 7.82 Å². The molecule has 0 saturated carbocycles. The summed E-state index contributed by atoms with van der Waals surface area (Å²) < 4.78 is 34.1. The van der Waals surface area contributed by atoms with Crippen molar-refractivity contribution in [3.8, 4) is 0 Å². The van der Waals surface area contributed by atoms with Gasteiger partial charge in [-0.2, -0.15) is 0 Å². The maximum Gasteiger partial charge on any atom is 0.472 e. The second-order valence-corrected chi connectivity index (χ2v) is 16.5. The number of unbranched alkanes of at least 4 members (excludes halogenated alkanes) is 15. The predicted octanol–water partition coefficient (Wildman–Crippen LogP) is 11.5. The van der Waals surface area contributed by atoms with Gasteiger partial charge in [0.1, 0.15) is 19.8 Å². The van der Waals surface area contributed by atoms with Gasteiger partial charge in [-0.1, -0.05) is 152 Å². The van der Waals surface area contributed by atoms with Crippen molar-refractivity contribution < 1.29 is 42.1 Å². The van der Waals surface area contributed by atoms with Crippen LogP contribution in [0, 0.1) is 0 Å². The predicted molar refractivity (Wildman–Crippen MR) is 220 cm³/mol. The van der Waals surface area contributed by atoms with Crippen molar-refractivity contribution in [1.29, 1.82) is 0 Å². The van der Waals surface area contributed by atoms with Gasteiger partial charge in [0.05, 0.1) is 27.7 Å². The molecular weight excluding hydrogens is 689 g/mol. The average Bonchev–Trinajstić information content (AvgIpc) is 3.10. The minimum absolute atomic E-state index is 0.0187. The standard InChI is InChI=1S/C43H78NO8P/c1-6-8-10-12-14-16-18-20-21-22-23-24-26-28-30-32-34-36-43(46)52-41(40-51-53(47,48)50-38-37-44(3,4)5)39-49-42(45)35-33-31-29-27-25-19-17-15-13-11-9-7-2/h16,18,21-22,24,26,30,32,41H,6-15,17,19-20,23,25,27-29,31,33-40H2,1-5H3/p+1/b18-16-,22-21-,26-24-,32-30-. The van der Waals surface area contributed by atoms with Crippen LogP contribution in [0.1, 0.15) is 162 Å². The topological polar surface area (TPSA) is 108 Å². The highest BCUT2D eigenvalue weighted by molar-refractivity contribution is 7.47. The Kier molecular flexibility index (Phi) is 34.3. The van der Waals surface area contributed by atoms with Gasteiger partial charge in [-0.15, -0.1) is 0 Å². The molecule has 0 aliphatic rings. The smallest absolute Gasteiger partial charge is 0.462 e. The Bertz CT molecular complexity index is 1050.